The minimum absolute atomic E-state index is 0.0666. The highest BCUT2D eigenvalue weighted by molar-refractivity contribution is 5.99. The first-order valence-electron chi connectivity index (χ1n) is 11.2. The molecule has 164 valence electrons. The summed E-state index contributed by atoms with van der Waals surface area (Å²) in [7, 11) is 4.13. The van der Waals surface area contributed by atoms with Gasteiger partial charge >= 0.3 is 0 Å². The van der Waals surface area contributed by atoms with Gasteiger partial charge in [0.25, 0.3) is 5.91 Å². The number of benzene rings is 3. The summed E-state index contributed by atoms with van der Waals surface area (Å²) in [6.07, 6.45) is 1.01. The molecule has 0 radical (unpaired) electrons. The molecule has 33 heavy (non-hydrogen) atoms. The number of aromatic amines is 1. The van der Waals surface area contributed by atoms with E-state index in [4.69, 9.17) is 0 Å². The van der Waals surface area contributed by atoms with Gasteiger partial charge in [-0.25, -0.2) is 0 Å². The van der Waals surface area contributed by atoms with E-state index in [1.165, 1.54) is 0 Å². The number of likely N-dealkylation sites (N-methyl/N-ethyl adjacent to an activating group) is 1. The first-order chi connectivity index (χ1) is 16.1. The van der Waals surface area contributed by atoms with Crippen molar-refractivity contribution in [1.82, 2.24) is 20.0 Å². The number of fused-ring (bicyclic) bond motifs is 1. The average molecular weight is 435 g/mol. The summed E-state index contributed by atoms with van der Waals surface area (Å²) in [5.41, 5.74) is 5.42. The van der Waals surface area contributed by atoms with Crippen LogP contribution in [0.1, 0.15) is 28.0 Å². The molecule has 1 N–H and O–H groups in total. The predicted molar refractivity (Wildman–Crippen MR) is 132 cm³/mol. The molecule has 0 bridgehead atoms. The number of hydrogen-bond donors (Lipinski definition) is 1. The van der Waals surface area contributed by atoms with E-state index in [9.17, 15) is 4.79 Å². The Hall–Kier alpha value is -3.88. The third-order valence-electron chi connectivity index (χ3n) is 6.29. The van der Waals surface area contributed by atoms with Gasteiger partial charge in [0.15, 0.2) is 0 Å². The molecule has 1 amide bonds. The molecule has 0 spiro atoms. The molecular weight excluding hydrogens is 408 g/mol. The standard InChI is InChI=1S/C28H26N4O/c1-31(2)24-15-16-32(19-24)28(33)23-12-14-27-25(18-23)26(29-30-27)13-11-20-7-6-10-22(17-20)21-8-4-3-5-9-21/h3-10,12,14,17-18,24H,15-16,19H2,1-2H3,(H,29,30). The fourth-order valence-electron chi connectivity index (χ4n) is 4.31. The zero-order chi connectivity index (χ0) is 22.8. The summed E-state index contributed by atoms with van der Waals surface area (Å²) < 4.78 is 0. The van der Waals surface area contributed by atoms with Crippen LogP contribution in [0, 0.1) is 11.8 Å². The lowest BCUT2D eigenvalue weighted by molar-refractivity contribution is 0.0783. The van der Waals surface area contributed by atoms with E-state index in [1.807, 2.05) is 53.4 Å². The van der Waals surface area contributed by atoms with E-state index in [1.54, 1.807) is 0 Å². The van der Waals surface area contributed by atoms with E-state index in [0.717, 1.165) is 47.1 Å². The molecule has 4 aromatic rings. The van der Waals surface area contributed by atoms with Crippen LogP contribution in [-0.2, 0) is 0 Å². The van der Waals surface area contributed by atoms with Crippen LogP contribution in [0.25, 0.3) is 22.0 Å². The van der Waals surface area contributed by atoms with Crippen molar-refractivity contribution < 1.29 is 4.79 Å². The fraction of sp³-hybridized carbons (Fsp3) is 0.214. The lowest BCUT2D eigenvalue weighted by Gasteiger charge is -2.20. The van der Waals surface area contributed by atoms with Crippen LogP contribution in [0.15, 0.2) is 72.8 Å². The Morgan fingerprint density at radius 1 is 1.00 bits per heavy atom. The van der Waals surface area contributed by atoms with Crippen LogP contribution in [-0.4, -0.2) is 59.1 Å². The number of nitrogens with one attached hydrogen (secondary N) is 1. The molecule has 2 heterocycles. The Morgan fingerprint density at radius 3 is 2.61 bits per heavy atom. The second kappa shape index (κ2) is 8.93. The largest absolute Gasteiger partial charge is 0.337 e. The van der Waals surface area contributed by atoms with E-state index in [0.29, 0.717) is 17.3 Å². The Labute approximate surface area is 194 Å². The molecule has 5 nitrogen and oxygen atoms in total. The van der Waals surface area contributed by atoms with Crippen molar-refractivity contribution in [2.45, 2.75) is 12.5 Å². The van der Waals surface area contributed by atoms with E-state index < -0.39 is 0 Å². The minimum atomic E-state index is 0.0666. The highest BCUT2D eigenvalue weighted by atomic mass is 16.2. The summed E-state index contributed by atoms with van der Waals surface area (Å²) >= 11 is 0. The van der Waals surface area contributed by atoms with Crippen molar-refractivity contribution in [3.63, 3.8) is 0 Å². The number of H-pyrrole nitrogens is 1. The minimum Gasteiger partial charge on any atom is -0.337 e. The van der Waals surface area contributed by atoms with Crippen molar-refractivity contribution in [3.05, 3.63) is 89.6 Å². The van der Waals surface area contributed by atoms with Crippen molar-refractivity contribution in [1.29, 1.82) is 0 Å². The SMILES string of the molecule is CN(C)C1CCN(C(=O)c2ccc3[nH]nc(C#Cc4cccc(-c5ccccc5)c4)c3c2)C1. The van der Waals surface area contributed by atoms with Gasteiger partial charge in [-0.1, -0.05) is 48.4 Å². The summed E-state index contributed by atoms with van der Waals surface area (Å²) in [6, 6.07) is 24.6. The Balaban J connectivity index is 1.41. The highest BCUT2D eigenvalue weighted by Gasteiger charge is 2.28. The van der Waals surface area contributed by atoms with Gasteiger partial charge in [0.2, 0.25) is 0 Å². The van der Waals surface area contributed by atoms with Crippen LogP contribution in [0.3, 0.4) is 0 Å². The van der Waals surface area contributed by atoms with Crippen molar-refractivity contribution in [2.24, 2.45) is 0 Å². The van der Waals surface area contributed by atoms with Crippen LogP contribution in [0.4, 0.5) is 0 Å². The molecule has 1 atom stereocenters. The first kappa shape index (κ1) is 21.0. The maximum Gasteiger partial charge on any atom is 0.253 e. The number of hydrogen-bond acceptors (Lipinski definition) is 3. The molecule has 0 saturated carbocycles. The molecule has 1 aliphatic heterocycles. The van der Waals surface area contributed by atoms with E-state index in [2.05, 4.69) is 65.3 Å². The zero-order valence-electron chi connectivity index (χ0n) is 18.9. The number of amides is 1. The molecule has 1 aliphatic rings. The van der Waals surface area contributed by atoms with Gasteiger partial charge in [-0.05, 0) is 67.9 Å². The molecule has 5 rings (SSSR count). The lowest BCUT2D eigenvalue weighted by Crippen LogP contribution is -2.34. The number of nitrogens with zero attached hydrogens (tertiary/aromatic N) is 3. The van der Waals surface area contributed by atoms with Gasteiger partial charge in [-0.2, -0.15) is 5.10 Å². The maximum atomic E-state index is 13.1. The van der Waals surface area contributed by atoms with Gasteiger partial charge in [0.05, 0.1) is 5.52 Å². The van der Waals surface area contributed by atoms with Gasteiger partial charge in [0, 0.05) is 35.6 Å². The molecular formula is C28H26N4O. The number of carbonyl (C=O) groups is 1. The zero-order valence-corrected chi connectivity index (χ0v) is 18.9. The first-order valence-corrected chi connectivity index (χ1v) is 11.2. The molecule has 5 heteroatoms. The van der Waals surface area contributed by atoms with Gasteiger partial charge in [0.1, 0.15) is 5.69 Å². The number of likely N-dealkylation sites (tertiary alicyclic amines) is 1. The number of rotatable bonds is 3. The fourth-order valence-corrected chi connectivity index (χ4v) is 4.31. The molecule has 1 fully saturated rings. The van der Waals surface area contributed by atoms with Gasteiger partial charge in [-0.3, -0.25) is 9.89 Å². The molecule has 0 aliphatic carbocycles. The van der Waals surface area contributed by atoms with Crippen molar-refractivity contribution >= 4 is 16.8 Å². The molecule has 1 unspecified atom stereocenters. The summed E-state index contributed by atoms with van der Waals surface area (Å²) in [5.74, 6) is 6.50. The monoisotopic (exact) mass is 434 g/mol. The van der Waals surface area contributed by atoms with Crippen molar-refractivity contribution in [3.8, 4) is 23.0 Å². The normalized spacial score (nSPS) is 15.6. The maximum absolute atomic E-state index is 13.1. The summed E-state index contributed by atoms with van der Waals surface area (Å²) in [5, 5.41) is 8.30. The summed E-state index contributed by atoms with van der Waals surface area (Å²) in [4.78, 5) is 17.2. The summed E-state index contributed by atoms with van der Waals surface area (Å²) in [6.45, 7) is 1.55. The van der Waals surface area contributed by atoms with Crippen LogP contribution < -0.4 is 0 Å². The van der Waals surface area contributed by atoms with Crippen LogP contribution in [0.5, 0.6) is 0 Å². The average Bonchev–Trinajstić information content (AvgIpc) is 3.50. The second-order valence-corrected chi connectivity index (χ2v) is 8.69. The third kappa shape index (κ3) is 4.39. The van der Waals surface area contributed by atoms with E-state index >= 15 is 0 Å². The van der Waals surface area contributed by atoms with Gasteiger partial charge in [-0.15, -0.1) is 0 Å². The van der Waals surface area contributed by atoms with Crippen molar-refractivity contribution in [2.75, 3.05) is 27.2 Å². The molecule has 3 aromatic carbocycles. The Bertz CT molecular complexity index is 1360. The smallest absolute Gasteiger partial charge is 0.253 e. The van der Waals surface area contributed by atoms with Gasteiger partial charge < -0.3 is 9.80 Å². The lowest BCUT2D eigenvalue weighted by atomic mass is 10.0. The second-order valence-electron chi connectivity index (χ2n) is 8.69. The third-order valence-corrected chi connectivity index (χ3v) is 6.29. The predicted octanol–water partition coefficient (Wildman–Crippen LogP) is 4.41. The topological polar surface area (TPSA) is 52.2 Å². The quantitative estimate of drug-likeness (QED) is 0.486. The Kier molecular flexibility index (Phi) is 5.68. The number of aromatic nitrogens is 2. The Morgan fingerprint density at radius 2 is 1.82 bits per heavy atom. The molecule has 1 saturated heterocycles. The van der Waals surface area contributed by atoms with E-state index in [-0.39, 0.29) is 5.91 Å². The highest BCUT2D eigenvalue weighted by Crippen LogP contribution is 2.22. The van der Waals surface area contributed by atoms with Crippen LogP contribution >= 0.6 is 0 Å². The molecule has 1 aromatic heterocycles. The van der Waals surface area contributed by atoms with Crippen LogP contribution in [0.2, 0.25) is 0 Å². The number of carbonyl (C=O) groups excluding carboxylic acids is 1.